The number of carboxylic acid groups (broad SMARTS) is 1. The highest BCUT2D eigenvalue weighted by Gasteiger charge is 2.40. The summed E-state index contributed by atoms with van der Waals surface area (Å²) in [5.74, 6) is -4.01. The van der Waals surface area contributed by atoms with Crippen LogP contribution >= 0.6 is 0 Å². The number of nitrogens with two attached hydrogens (primary N) is 1. The molecule has 30 heavy (non-hydrogen) atoms. The first kappa shape index (κ1) is 23.9. The molecular weight excluding hydrogens is 417 g/mol. The van der Waals surface area contributed by atoms with Crippen LogP contribution in [-0.4, -0.2) is 39.0 Å². The number of alkyl halides is 3. The van der Waals surface area contributed by atoms with Crippen molar-refractivity contribution in [2.24, 2.45) is 5.73 Å². The summed E-state index contributed by atoms with van der Waals surface area (Å²) in [5, 5.41) is 8.76. The zero-order valence-corrected chi connectivity index (χ0v) is 17.3. The molecule has 0 aliphatic heterocycles. The number of hydrogen-bond donors (Lipinski definition) is 3. The molecule has 9 heteroatoms. The van der Waals surface area contributed by atoms with Crippen LogP contribution in [0.15, 0.2) is 48.5 Å². The number of benzene rings is 2. The fraction of sp³-hybridized carbons (Fsp3) is 0.381. The summed E-state index contributed by atoms with van der Waals surface area (Å²) >= 11 is 0. The van der Waals surface area contributed by atoms with Crippen molar-refractivity contribution in [3.05, 3.63) is 59.7 Å². The standard InChI is InChI=1S/C21H25F3N2O3S/c1-14-5-7-15(8-6-14)16-3-2-4-17(13-16)18(21(22,23)24)9-11-30(26,29)12-10-19(25)20(27)28/h2-8,13,18-19,26H,9-12,25H2,1H3,(H,27,28)/t18?,19-,30?/m0/s1. The number of aryl methyl sites for hydroxylation is 1. The Morgan fingerprint density at radius 3 is 2.27 bits per heavy atom. The van der Waals surface area contributed by atoms with Gasteiger partial charge in [0.05, 0.1) is 5.92 Å². The van der Waals surface area contributed by atoms with Crippen LogP contribution in [0.25, 0.3) is 11.1 Å². The zero-order valence-electron chi connectivity index (χ0n) is 16.5. The number of aliphatic carboxylic acids is 1. The van der Waals surface area contributed by atoms with E-state index in [4.69, 9.17) is 15.6 Å². The minimum absolute atomic E-state index is 0.0398. The van der Waals surface area contributed by atoms with Crippen molar-refractivity contribution in [1.82, 2.24) is 0 Å². The van der Waals surface area contributed by atoms with Crippen molar-refractivity contribution >= 4 is 15.7 Å². The summed E-state index contributed by atoms with van der Waals surface area (Å²) in [4.78, 5) is 10.7. The maximum absolute atomic E-state index is 13.7. The maximum Gasteiger partial charge on any atom is 0.395 e. The van der Waals surface area contributed by atoms with Crippen molar-refractivity contribution in [1.29, 1.82) is 4.78 Å². The van der Waals surface area contributed by atoms with Gasteiger partial charge in [-0.15, -0.1) is 0 Å². The van der Waals surface area contributed by atoms with E-state index in [0.717, 1.165) is 11.1 Å². The number of carbonyl (C=O) groups is 1. The lowest BCUT2D eigenvalue weighted by Crippen LogP contribution is -2.32. The van der Waals surface area contributed by atoms with Gasteiger partial charge >= 0.3 is 12.1 Å². The average Bonchev–Trinajstić information content (AvgIpc) is 2.66. The molecule has 4 N–H and O–H groups in total. The van der Waals surface area contributed by atoms with Crippen LogP contribution in [0.1, 0.15) is 29.9 Å². The third-order valence-electron chi connectivity index (χ3n) is 4.88. The maximum atomic E-state index is 13.7. The first-order valence-electron chi connectivity index (χ1n) is 9.35. The molecule has 0 heterocycles. The SMILES string of the molecule is Cc1ccc(-c2cccc(C(CCS(=N)(=O)CC[C@H](N)C(=O)O)C(F)(F)F)c2)cc1. The van der Waals surface area contributed by atoms with Crippen LogP contribution in [0.4, 0.5) is 13.2 Å². The monoisotopic (exact) mass is 442 g/mol. The predicted molar refractivity (Wildman–Crippen MR) is 111 cm³/mol. The Labute approximate surface area is 174 Å². The minimum Gasteiger partial charge on any atom is -0.480 e. The summed E-state index contributed by atoms with van der Waals surface area (Å²) in [7, 11) is -3.38. The van der Waals surface area contributed by atoms with E-state index in [1.807, 2.05) is 31.2 Å². The van der Waals surface area contributed by atoms with Gasteiger partial charge in [-0.05, 0) is 36.5 Å². The molecule has 2 unspecified atom stereocenters. The zero-order chi connectivity index (χ0) is 22.5. The van der Waals surface area contributed by atoms with Crippen molar-refractivity contribution in [3.8, 4) is 11.1 Å². The molecule has 2 aromatic carbocycles. The Morgan fingerprint density at radius 2 is 1.70 bits per heavy atom. The number of rotatable bonds is 9. The van der Waals surface area contributed by atoms with E-state index in [1.54, 1.807) is 12.1 Å². The smallest absolute Gasteiger partial charge is 0.395 e. The molecule has 0 spiro atoms. The highest BCUT2D eigenvalue weighted by Crippen LogP contribution is 2.39. The summed E-state index contributed by atoms with van der Waals surface area (Å²) in [6.45, 7) is 1.92. The molecule has 5 nitrogen and oxygen atoms in total. The Bertz CT molecular complexity index is 974. The van der Waals surface area contributed by atoms with Gasteiger partial charge in [-0.25, -0.2) is 4.21 Å². The topological polar surface area (TPSA) is 104 Å². The molecule has 0 radical (unpaired) electrons. The number of hydrogen-bond acceptors (Lipinski definition) is 4. The Balaban J connectivity index is 2.20. The Kier molecular flexibility index (Phi) is 7.65. The minimum atomic E-state index is -4.57. The number of nitrogens with one attached hydrogen (secondary N) is 1. The lowest BCUT2D eigenvalue weighted by molar-refractivity contribution is -0.150. The molecule has 3 atom stereocenters. The average molecular weight is 443 g/mol. The Hall–Kier alpha value is -2.39. The van der Waals surface area contributed by atoms with Crippen molar-refractivity contribution in [2.45, 2.75) is 37.9 Å². The van der Waals surface area contributed by atoms with Crippen molar-refractivity contribution < 1.29 is 27.3 Å². The summed E-state index contributed by atoms with van der Waals surface area (Å²) in [6.07, 6.45) is -5.32. The highest BCUT2D eigenvalue weighted by molar-refractivity contribution is 7.92. The largest absolute Gasteiger partial charge is 0.480 e. The van der Waals surface area contributed by atoms with E-state index in [-0.39, 0.29) is 17.7 Å². The second kappa shape index (κ2) is 9.61. The van der Waals surface area contributed by atoms with E-state index >= 15 is 0 Å². The van der Waals surface area contributed by atoms with Crippen LogP contribution in [0.3, 0.4) is 0 Å². The molecular formula is C21H25F3N2O3S. The van der Waals surface area contributed by atoms with Gasteiger partial charge in [0.15, 0.2) is 0 Å². The molecule has 0 saturated carbocycles. The van der Waals surface area contributed by atoms with E-state index in [2.05, 4.69) is 0 Å². The van der Waals surface area contributed by atoms with Gasteiger partial charge in [0, 0.05) is 21.2 Å². The van der Waals surface area contributed by atoms with Crippen LogP contribution in [-0.2, 0) is 14.5 Å². The molecule has 0 saturated heterocycles. The van der Waals surface area contributed by atoms with Crippen molar-refractivity contribution in [2.75, 3.05) is 11.5 Å². The van der Waals surface area contributed by atoms with E-state index in [9.17, 15) is 22.2 Å². The van der Waals surface area contributed by atoms with Crippen LogP contribution in [0.5, 0.6) is 0 Å². The number of carboxylic acids is 1. The third kappa shape index (κ3) is 6.84. The van der Waals surface area contributed by atoms with Gasteiger partial charge in [0.2, 0.25) is 0 Å². The van der Waals surface area contributed by atoms with Crippen LogP contribution < -0.4 is 5.73 Å². The van der Waals surface area contributed by atoms with Gasteiger partial charge in [0.25, 0.3) is 0 Å². The molecule has 0 amide bonds. The van der Waals surface area contributed by atoms with Crippen LogP contribution in [0, 0.1) is 11.7 Å². The van der Waals surface area contributed by atoms with Gasteiger partial charge in [-0.1, -0.05) is 54.1 Å². The molecule has 0 aliphatic carbocycles. The van der Waals surface area contributed by atoms with E-state index < -0.39 is 46.0 Å². The second-order valence-electron chi connectivity index (χ2n) is 7.33. The summed E-state index contributed by atoms with van der Waals surface area (Å²) < 4.78 is 61.4. The highest BCUT2D eigenvalue weighted by atomic mass is 32.2. The van der Waals surface area contributed by atoms with E-state index in [0.29, 0.717) is 5.56 Å². The molecule has 0 fully saturated rings. The fourth-order valence-electron chi connectivity index (χ4n) is 3.05. The fourth-order valence-corrected chi connectivity index (χ4v) is 4.51. The Morgan fingerprint density at radius 1 is 1.10 bits per heavy atom. The lowest BCUT2D eigenvalue weighted by atomic mass is 9.92. The molecule has 0 bridgehead atoms. The van der Waals surface area contributed by atoms with E-state index in [1.165, 1.54) is 12.1 Å². The summed E-state index contributed by atoms with van der Waals surface area (Å²) in [6, 6.07) is 12.2. The lowest BCUT2D eigenvalue weighted by Gasteiger charge is -2.22. The predicted octanol–water partition coefficient (Wildman–Crippen LogP) is 4.55. The first-order chi connectivity index (χ1) is 13.9. The molecule has 0 aliphatic rings. The quantitative estimate of drug-likeness (QED) is 0.530. The van der Waals surface area contributed by atoms with Crippen LogP contribution in [0.2, 0.25) is 0 Å². The van der Waals surface area contributed by atoms with Crippen molar-refractivity contribution in [3.63, 3.8) is 0 Å². The normalized spacial score (nSPS) is 15.9. The number of halogens is 3. The third-order valence-corrected chi connectivity index (χ3v) is 6.67. The molecule has 2 rings (SSSR count). The molecule has 164 valence electrons. The molecule has 0 aromatic heterocycles. The second-order valence-corrected chi connectivity index (χ2v) is 9.77. The van der Waals surface area contributed by atoms with Gasteiger partial charge in [-0.3, -0.25) is 9.57 Å². The van der Waals surface area contributed by atoms with Gasteiger partial charge < -0.3 is 10.8 Å². The first-order valence-corrected chi connectivity index (χ1v) is 11.2. The van der Waals surface area contributed by atoms with Gasteiger partial charge in [-0.2, -0.15) is 13.2 Å². The molecule has 2 aromatic rings. The van der Waals surface area contributed by atoms with Gasteiger partial charge in [0.1, 0.15) is 6.04 Å². The summed E-state index contributed by atoms with van der Waals surface area (Å²) in [5.41, 5.74) is 7.84.